The molecule has 0 bridgehead atoms. The van der Waals surface area contributed by atoms with Crippen LogP contribution in [0, 0.1) is 20.8 Å². The van der Waals surface area contributed by atoms with Crippen LogP contribution in [0.4, 0.5) is 0 Å². The number of carbonyl (C=O) groups is 3. The molecule has 24 heavy (non-hydrogen) atoms. The number of rotatable bonds is 5. The van der Waals surface area contributed by atoms with Gasteiger partial charge in [0.05, 0.1) is 24.6 Å². The molecule has 0 aliphatic heterocycles. The molecule has 0 fully saturated rings. The highest BCUT2D eigenvalue weighted by Crippen LogP contribution is 2.21. The molecule has 2 aromatic heterocycles. The maximum Gasteiger partial charge on any atom is 0.342 e. The second kappa shape index (κ2) is 6.74. The summed E-state index contributed by atoms with van der Waals surface area (Å²) in [5.74, 6) is -1.19. The average Bonchev–Trinajstić information content (AvgIpc) is 3.09. The fourth-order valence-corrected chi connectivity index (χ4v) is 2.48. The van der Waals surface area contributed by atoms with Crippen molar-refractivity contribution in [1.82, 2.24) is 4.98 Å². The highest BCUT2D eigenvalue weighted by atomic mass is 16.5. The number of aromatic nitrogens is 1. The van der Waals surface area contributed by atoms with E-state index in [4.69, 9.17) is 13.9 Å². The zero-order valence-corrected chi connectivity index (χ0v) is 14.2. The smallest absolute Gasteiger partial charge is 0.342 e. The first-order chi connectivity index (χ1) is 11.3. The van der Waals surface area contributed by atoms with Crippen LogP contribution in [0.15, 0.2) is 16.7 Å². The zero-order valence-electron chi connectivity index (χ0n) is 14.2. The minimum atomic E-state index is -1.02. The molecule has 0 amide bonds. The number of furan rings is 1. The third kappa shape index (κ3) is 3.10. The highest BCUT2D eigenvalue weighted by Gasteiger charge is 2.28. The van der Waals surface area contributed by atoms with Gasteiger partial charge in [-0.1, -0.05) is 0 Å². The fraction of sp³-hybridized carbons (Fsp3) is 0.353. The van der Waals surface area contributed by atoms with Gasteiger partial charge in [-0.3, -0.25) is 4.79 Å². The summed E-state index contributed by atoms with van der Waals surface area (Å²) < 4.78 is 15.0. The Morgan fingerprint density at radius 1 is 1.17 bits per heavy atom. The molecule has 1 atom stereocenters. The van der Waals surface area contributed by atoms with Crippen molar-refractivity contribution >= 4 is 17.7 Å². The summed E-state index contributed by atoms with van der Waals surface area (Å²) in [5.41, 5.74) is 1.78. The third-order valence-corrected chi connectivity index (χ3v) is 3.81. The lowest BCUT2D eigenvalue weighted by Crippen LogP contribution is -2.25. The van der Waals surface area contributed by atoms with E-state index < -0.39 is 23.8 Å². The Balaban J connectivity index is 2.21. The van der Waals surface area contributed by atoms with E-state index in [9.17, 15) is 14.4 Å². The number of hydrogen-bond donors (Lipinski definition) is 1. The lowest BCUT2D eigenvalue weighted by molar-refractivity contribution is 0.0315. The molecule has 0 aromatic carbocycles. The van der Waals surface area contributed by atoms with E-state index in [2.05, 4.69) is 4.98 Å². The van der Waals surface area contributed by atoms with Gasteiger partial charge in [-0.15, -0.1) is 0 Å². The van der Waals surface area contributed by atoms with Gasteiger partial charge in [0.2, 0.25) is 5.78 Å². The van der Waals surface area contributed by atoms with Crippen LogP contribution >= 0.6 is 0 Å². The molecule has 0 saturated heterocycles. The van der Waals surface area contributed by atoms with Gasteiger partial charge in [0.25, 0.3) is 0 Å². The van der Waals surface area contributed by atoms with Crippen molar-refractivity contribution in [1.29, 1.82) is 0 Å². The standard InChI is InChI=1S/C17H19NO6/c1-8-13(17(21)22-5)9(2)18-14(8)15(19)11(4)24-16(20)12-6-7-23-10(12)3/h6-7,11,18H,1-5H3/t11-/m1/s1. The molecule has 2 rings (SSSR count). The van der Waals surface area contributed by atoms with Crippen molar-refractivity contribution in [3.8, 4) is 0 Å². The minimum Gasteiger partial charge on any atom is -0.469 e. The van der Waals surface area contributed by atoms with E-state index >= 15 is 0 Å². The van der Waals surface area contributed by atoms with Crippen LogP contribution in [-0.2, 0) is 9.47 Å². The molecule has 0 spiro atoms. The number of hydrogen-bond acceptors (Lipinski definition) is 6. The van der Waals surface area contributed by atoms with Crippen molar-refractivity contribution in [3.05, 3.63) is 46.2 Å². The van der Waals surface area contributed by atoms with E-state index in [1.165, 1.54) is 26.4 Å². The Kier molecular flexibility index (Phi) is 4.92. The van der Waals surface area contributed by atoms with Gasteiger partial charge in [0, 0.05) is 5.69 Å². The molecule has 7 heteroatoms. The lowest BCUT2D eigenvalue weighted by atomic mass is 10.1. The Morgan fingerprint density at radius 3 is 2.38 bits per heavy atom. The molecule has 2 aromatic rings. The molecular weight excluding hydrogens is 314 g/mol. The zero-order chi connectivity index (χ0) is 18.0. The molecule has 0 aliphatic carbocycles. The number of nitrogens with one attached hydrogen (secondary N) is 1. The second-order valence-electron chi connectivity index (χ2n) is 5.42. The maximum atomic E-state index is 12.5. The SMILES string of the molecule is COC(=O)c1c(C)[nH]c(C(=O)[C@@H](C)OC(=O)c2ccoc2C)c1C. The van der Waals surface area contributed by atoms with E-state index in [0.29, 0.717) is 22.6 Å². The molecule has 7 nitrogen and oxygen atoms in total. The predicted molar refractivity (Wildman–Crippen MR) is 84.3 cm³/mol. The third-order valence-electron chi connectivity index (χ3n) is 3.81. The summed E-state index contributed by atoms with van der Waals surface area (Å²) in [6, 6.07) is 1.48. The van der Waals surface area contributed by atoms with Gasteiger partial charge in [-0.2, -0.15) is 0 Å². The number of aromatic amines is 1. The summed E-state index contributed by atoms with van der Waals surface area (Å²) in [5, 5.41) is 0. The van der Waals surface area contributed by atoms with Gasteiger partial charge < -0.3 is 18.9 Å². The van der Waals surface area contributed by atoms with Crippen molar-refractivity contribution in [3.63, 3.8) is 0 Å². The quantitative estimate of drug-likeness (QED) is 0.667. The Labute approximate surface area is 138 Å². The molecule has 0 radical (unpaired) electrons. The largest absolute Gasteiger partial charge is 0.469 e. The van der Waals surface area contributed by atoms with Crippen LogP contribution in [0.5, 0.6) is 0 Å². The van der Waals surface area contributed by atoms with E-state index in [-0.39, 0.29) is 11.3 Å². The number of aryl methyl sites for hydroxylation is 2. The second-order valence-corrected chi connectivity index (χ2v) is 5.42. The topological polar surface area (TPSA) is 98.6 Å². The molecule has 0 aliphatic rings. The van der Waals surface area contributed by atoms with Crippen molar-refractivity contribution in [2.45, 2.75) is 33.8 Å². The summed E-state index contributed by atoms with van der Waals surface area (Å²) in [6.07, 6.45) is 0.355. The number of ether oxygens (including phenoxy) is 2. The summed E-state index contributed by atoms with van der Waals surface area (Å²) in [7, 11) is 1.27. The molecule has 1 N–H and O–H groups in total. The van der Waals surface area contributed by atoms with Crippen LogP contribution in [-0.4, -0.2) is 35.9 Å². The van der Waals surface area contributed by atoms with Gasteiger partial charge >= 0.3 is 11.9 Å². The first-order valence-corrected chi connectivity index (χ1v) is 7.34. The molecule has 2 heterocycles. The first-order valence-electron chi connectivity index (χ1n) is 7.34. The van der Waals surface area contributed by atoms with E-state index in [1.54, 1.807) is 20.8 Å². The number of H-pyrrole nitrogens is 1. The maximum absolute atomic E-state index is 12.5. The average molecular weight is 333 g/mol. The van der Waals surface area contributed by atoms with Gasteiger partial charge in [-0.25, -0.2) is 9.59 Å². The van der Waals surface area contributed by atoms with Gasteiger partial charge in [-0.05, 0) is 39.3 Å². The van der Waals surface area contributed by atoms with Crippen LogP contribution in [0.25, 0.3) is 0 Å². The van der Waals surface area contributed by atoms with Crippen LogP contribution < -0.4 is 0 Å². The van der Waals surface area contributed by atoms with Gasteiger partial charge in [0.1, 0.15) is 11.3 Å². The summed E-state index contributed by atoms with van der Waals surface area (Å²) in [4.78, 5) is 39.3. The number of esters is 2. The Bertz CT molecular complexity index is 798. The number of Topliss-reactive ketones (excluding diaryl/α,β-unsaturated/α-hetero) is 1. The summed E-state index contributed by atoms with van der Waals surface area (Å²) >= 11 is 0. The van der Waals surface area contributed by atoms with E-state index in [0.717, 1.165) is 0 Å². The number of carbonyl (C=O) groups excluding carboxylic acids is 3. The van der Waals surface area contributed by atoms with Crippen LogP contribution in [0.1, 0.15) is 55.1 Å². The van der Waals surface area contributed by atoms with Gasteiger partial charge in [0.15, 0.2) is 6.10 Å². The molecular formula is C17H19NO6. The normalized spacial score (nSPS) is 11.9. The molecule has 0 unspecified atom stereocenters. The monoisotopic (exact) mass is 333 g/mol. The molecule has 0 saturated carbocycles. The van der Waals surface area contributed by atoms with Crippen molar-refractivity contribution < 1.29 is 28.3 Å². The minimum absolute atomic E-state index is 0.220. The van der Waals surface area contributed by atoms with Crippen molar-refractivity contribution in [2.24, 2.45) is 0 Å². The molecule has 128 valence electrons. The van der Waals surface area contributed by atoms with Crippen LogP contribution in [0.2, 0.25) is 0 Å². The lowest BCUT2D eigenvalue weighted by Gasteiger charge is -2.11. The first kappa shape index (κ1) is 17.5. The fourth-order valence-electron chi connectivity index (χ4n) is 2.48. The Morgan fingerprint density at radius 2 is 1.83 bits per heavy atom. The predicted octanol–water partition coefficient (Wildman–Crippen LogP) is 2.75. The number of ketones is 1. The number of methoxy groups -OCH3 is 1. The van der Waals surface area contributed by atoms with Crippen LogP contribution in [0.3, 0.4) is 0 Å². The van der Waals surface area contributed by atoms with Crippen molar-refractivity contribution in [2.75, 3.05) is 7.11 Å². The highest BCUT2D eigenvalue weighted by molar-refractivity contribution is 6.04. The Hall–Kier alpha value is -2.83. The summed E-state index contributed by atoms with van der Waals surface area (Å²) in [6.45, 7) is 6.41. The van der Waals surface area contributed by atoms with E-state index in [1.807, 2.05) is 0 Å².